The Morgan fingerprint density at radius 2 is 1.71 bits per heavy atom. The average Bonchev–Trinajstić information content (AvgIpc) is 2.36. The van der Waals surface area contributed by atoms with E-state index in [0.29, 0.717) is 6.04 Å². The lowest BCUT2D eigenvalue weighted by atomic mass is 10.1. The van der Waals surface area contributed by atoms with Crippen molar-refractivity contribution in [3.63, 3.8) is 0 Å². The van der Waals surface area contributed by atoms with Crippen LogP contribution in [0.3, 0.4) is 0 Å². The predicted octanol–water partition coefficient (Wildman–Crippen LogP) is 4.93. The fourth-order valence-electron chi connectivity index (χ4n) is 1.82. The lowest BCUT2D eigenvalue weighted by Gasteiger charge is -2.17. The Labute approximate surface area is 111 Å². The number of halogens is 1. The van der Waals surface area contributed by atoms with Gasteiger partial charge < -0.3 is 5.32 Å². The minimum absolute atomic E-state index is 0.300. The van der Waals surface area contributed by atoms with Crippen LogP contribution in [0.5, 0.6) is 0 Å². The summed E-state index contributed by atoms with van der Waals surface area (Å²) in [4.78, 5) is 0. The molecule has 0 saturated heterocycles. The largest absolute Gasteiger partial charge is 0.378 e. The van der Waals surface area contributed by atoms with Crippen LogP contribution in [0.25, 0.3) is 0 Å². The molecule has 0 heterocycles. The Hall–Kier alpha value is -1.28. The van der Waals surface area contributed by atoms with Crippen LogP contribution in [-0.2, 0) is 0 Å². The number of hydrogen-bond acceptors (Lipinski definition) is 1. The molecule has 1 atom stereocenters. The quantitative estimate of drug-likeness (QED) is 0.845. The molecule has 0 amide bonds. The first-order valence-corrected chi connectivity index (χ1v) is 6.54. The highest BCUT2D eigenvalue weighted by Crippen LogP contribution is 2.28. The number of rotatable bonds is 3. The summed E-state index contributed by atoms with van der Waals surface area (Å²) in [6.07, 6.45) is 0. The van der Waals surface area contributed by atoms with Crippen LogP contribution >= 0.6 is 15.9 Å². The molecule has 0 radical (unpaired) electrons. The molecule has 1 N–H and O–H groups in total. The second kappa shape index (κ2) is 5.37. The molecule has 1 nitrogen and oxygen atoms in total. The molecule has 2 aromatic carbocycles. The van der Waals surface area contributed by atoms with Gasteiger partial charge in [-0.2, -0.15) is 0 Å². The molecule has 0 saturated carbocycles. The van der Waals surface area contributed by atoms with Gasteiger partial charge in [-0.15, -0.1) is 0 Å². The highest BCUT2D eigenvalue weighted by atomic mass is 79.9. The molecular weight excluding hydrogens is 274 g/mol. The summed E-state index contributed by atoms with van der Waals surface area (Å²) >= 11 is 3.62. The minimum atomic E-state index is 0.300. The van der Waals surface area contributed by atoms with Gasteiger partial charge in [-0.1, -0.05) is 42.5 Å². The van der Waals surface area contributed by atoms with Gasteiger partial charge in [0.15, 0.2) is 0 Å². The van der Waals surface area contributed by atoms with Crippen LogP contribution < -0.4 is 5.32 Å². The first-order chi connectivity index (χ1) is 8.18. The predicted molar refractivity (Wildman–Crippen MR) is 77.4 cm³/mol. The number of hydrogen-bond donors (Lipinski definition) is 1. The maximum atomic E-state index is 3.62. The number of anilines is 1. The SMILES string of the molecule is Cc1cccc(NC(C)c2ccccc2)c1Br. The summed E-state index contributed by atoms with van der Waals surface area (Å²) in [5.41, 5.74) is 3.68. The zero-order valence-electron chi connectivity index (χ0n) is 10.1. The molecule has 0 aromatic heterocycles. The summed E-state index contributed by atoms with van der Waals surface area (Å²) in [5.74, 6) is 0. The van der Waals surface area contributed by atoms with Crippen LogP contribution in [-0.4, -0.2) is 0 Å². The summed E-state index contributed by atoms with van der Waals surface area (Å²) in [5, 5.41) is 3.52. The second-order valence-electron chi connectivity index (χ2n) is 4.21. The zero-order chi connectivity index (χ0) is 12.3. The van der Waals surface area contributed by atoms with Gasteiger partial charge in [-0.05, 0) is 47.0 Å². The molecule has 2 rings (SSSR count). The lowest BCUT2D eigenvalue weighted by molar-refractivity contribution is 0.883. The van der Waals surface area contributed by atoms with Crippen molar-refractivity contribution in [2.75, 3.05) is 5.32 Å². The standard InChI is InChI=1S/C15H16BrN/c1-11-7-6-10-14(15(11)16)17-12(2)13-8-4-3-5-9-13/h3-10,12,17H,1-2H3. The van der Waals surface area contributed by atoms with Gasteiger partial charge in [0.05, 0.1) is 0 Å². The fourth-order valence-corrected chi connectivity index (χ4v) is 2.20. The van der Waals surface area contributed by atoms with Gasteiger partial charge in [0.1, 0.15) is 0 Å². The molecule has 0 aliphatic heterocycles. The summed E-state index contributed by atoms with van der Waals surface area (Å²) in [6.45, 7) is 4.27. The van der Waals surface area contributed by atoms with Crippen molar-refractivity contribution in [1.82, 2.24) is 0 Å². The highest BCUT2D eigenvalue weighted by molar-refractivity contribution is 9.10. The Kier molecular flexibility index (Phi) is 3.85. The van der Waals surface area contributed by atoms with E-state index in [1.807, 2.05) is 6.07 Å². The van der Waals surface area contributed by atoms with Gasteiger partial charge in [0.2, 0.25) is 0 Å². The number of benzene rings is 2. The van der Waals surface area contributed by atoms with Crippen LogP contribution in [0, 0.1) is 6.92 Å². The van der Waals surface area contributed by atoms with E-state index in [-0.39, 0.29) is 0 Å². The van der Waals surface area contributed by atoms with Gasteiger partial charge in [0, 0.05) is 16.2 Å². The monoisotopic (exact) mass is 289 g/mol. The topological polar surface area (TPSA) is 12.0 Å². The lowest BCUT2D eigenvalue weighted by Crippen LogP contribution is -2.07. The van der Waals surface area contributed by atoms with Crippen LogP contribution in [0.2, 0.25) is 0 Å². The summed E-state index contributed by atoms with van der Waals surface area (Å²) in [7, 11) is 0. The molecule has 2 aromatic rings. The van der Waals surface area contributed by atoms with E-state index in [2.05, 4.69) is 77.6 Å². The zero-order valence-corrected chi connectivity index (χ0v) is 11.7. The van der Waals surface area contributed by atoms with E-state index < -0.39 is 0 Å². The Balaban J connectivity index is 2.19. The molecule has 2 heteroatoms. The molecular formula is C15H16BrN. The molecule has 17 heavy (non-hydrogen) atoms. The van der Waals surface area contributed by atoms with Crippen molar-refractivity contribution >= 4 is 21.6 Å². The first kappa shape index (κ1) is 12.2. The third-order valence-electron chi connectivity index (χ3n) is 2.86. The Morgan fingerprint density at radius 3 is 2.41 bits per heavy atom. The van der Waals surface area contributed by atoms with Gasteiger partial charge in [-0.3, -0.25) is 0 Å². The molecule has 0 spiro atoms. The van der Waals surface area contributed by atoms with E-state index in [0.717, 1.165) is 10.2 Å². The van der Waals surface area contributed by atoms with Crippen molar-refractivity contribution in [3.8, 4) is 0 Å². The van der Waals surface area contributed by atoms with Gasteiger partial charge in [0.25, 0.3) is 0 Å². The molecule has 0 aliphatic rings. The summed E-state index contributed by atoms with van der Waals surface area (Å²) in [6, 6.07) is 17.0. The van der Waals surface area contributed by atoms with E-state index in [9.17, 15) is 0 Å². The smallest absolute Gasteiger partial charge is 0.0492 e. The third kappa shape index (κ3) is 2.89. The van der Waals surface area contributed by atoms with Gasteiger partial charge >= 0.3 is 0 Å². The fraction of sp³-hybridized carbons (Fsp3) is 0.200. The molecule has 0 fully saturated rings. The van der Waals surface area contributed by atoms with Crippen LogP contribution in [0.4, 0.5) is 5.69 Å². The van der Waals surface area contributed by atoms with Crippen molar-refractivity contribution in [3.05, 3.63) is 64.1 Å². The molecule has 1 unspecified atom stereocenters. The Morgan fingerprint density at radius 1 is 1.00 bits per heavy atom. The van der Waals surface area contributed by atoms with Crippen molar-refractivity contribution in [1.29, 1.82) is 0 Å². The highest BCUT2D eigenvalue weighted by Gasteiger charge is 2.07. The third-order valence-corrected chi connectivity index (χ3v) is 3.92. The maximum Gasteiger partial charge on any atom is 0.0492 e. The maximum absolute atomic E-state index is 3.62. The van der Waals surface area contributed by atoms with Crippen molar-refractivity contribution in [2.45, 2.75) is 19.9 Å². The Bertz CT molecular complexity index is 494. The van der Waals surface area contributed by atoms with E-state index in [4.69, 9.17) is 0 Å². The van der Waals surface area contributed by atoms with Crippen LogP contribution in [0.1, 0.15) is 24.1 Å². The molecule has 88 valence electrons. The average molecular weight is 290 g/mol. The first-order valence-electron chi connectivity index (χ1n) is 5.75. The second-order valence-corrected chi connectivity index (χ2v) is 5.01. The van der Waals surface area contributed by atoms with E-state index >= 15 is 0 Å². The van der Waals surface area contributed by atoms with Crippen molar-refractivity contribution in [2.24, 2.45) is 0 Å². The number of nitrogens with one attached hydrogen (secondary N) is 1. The number of aryl methyl sites for hydroxylation is 1. The van der Waals surface area contributed by atoms with E-state index in [1.54, 1.807) is 0 Å². The van der Waals surface area contributed by atoms with Crippen molar-refractivity contribution < 1.29 is 0 Å². The summed E-state index contributed by atoms with van der Waals surface area (Å²) < 4.78 is 1.14. The van der Waals surface area contributed by atoms with E-state index in [1.165, 1.54) is 11.1 Å². The van der Waals surface area contributed by atoms with Gasteiger partial charge in [-0.25, -0.2) is 0 Å². The molecule has 0 bridgehead atoms. The molecule has 0 aliphatic carbocycles. The van der Waals surface area contributed by atoms with Crippen LogP contribution in [0.15, 0.2) is 53.0 Å². The normalized spacial score (nSPS) is 12.2. The minimum Gasteiger partial charge on any atom is -0.378 e.